The van der Waals surface area contributed by atoms with E-state index in [4.69, 9.17) is 15.0 Å². The van der Waals surface area contributed by atoms with Crippen LogP contribution in [0.1, 0.15) is 19.3 Å². The summed E-state index contributed by atoms with van der Waals surface area (Å²) in [4.78, 5) is 30.6. The number of methoxy groups -OCH3 is 1. The molecule has 0 aromatic heterocycles. The van der Waals surface area contributed by atoms with Gasteiger partial charge in [-0.2, -0.15) is 0 Å². The van der Waals surface area contributed by atoms with Crippen LogP contribution in [-0.4, -0.2) is 35.7 Å². The van der Waals surface area contributed by atoms with Crippen molar-refractivity contribution < 1.29 is 29.3 Å². The van der Waals surface area contributed by atoms with Crippen molar-refractivity contribution in [1.29, 1.82) is 0 Å². The van der Waals surface area contributed by atoms with E-state index >= 15 is 0 Å². The molecule has 4 unspecified atom stereocenters. The highest BCUT2D eigenvalue weighted by atomic mass is 16.5. The van der Waals surface area contributed by atoms with Gasteiger partial charge >= 0.3 is 11.9 Å². The van der Waals surface area contributed by atoms with Gasteiger partial charge in [0.2, 0.25) is 0 Å². The van der Waals surface area contributed by atoms with E-state index in [9.17, 15) is 9.59 Å². The molecule has 96 valence electrons. The number of rotatable bonds is 3. The smallest absolute Gasteiger partial charge is 0.307 e. The van der Waals surface area contributed by atoms with Gasteiger partial charge in [-0.3, -0.25) is 14.4 Å². The minimum Gasteiger partial charge on any atom is -0.481 e. The topological polar surface area (TPSA) is 101 Å². The molecule has 2 N–H and O–H groups in total. The molecule has 2 aliphatic carbocycles. The summed E-state index contributed by atoms with van der Waals surface area (Å²) >= 11 is 0. The molecule has 0 radical (unpaired) electrons. The first-order chi connectivity index (χ1) is 8.02. The van der Waals surface area contributed by atoms with Gasteiger partial charge in [-0.25, -0.2) is 0 Å². The number of hydrogen-bond acceptors (Lipinski definition) is 4. The Kier molecular flexibility index (Phi) is 4.48. The van der Waals surface area contributed by atoms with Gasteiger partial charge in [0.1, 0.15) is 0 Å². The van der Waals surface area contributed by atoms with Crippen molar-refractivity contribution in [2.45, 2.75) is 19.3 Å². The predicted octanol–water partition coefficient (Wildman–Crippen LogP) is 0.607. The molecule has 6 heteroatoms. The van der Waals surface area contributed by atoms with Crippen molar-refractivity contribution in [3.8, 4) is 0 Å². The van der Waals surface area contributed by atoms with E-state index in [1.165, 1.54) is 7.11 Å². The first kappa shape index (κ1) is 13.5. The Bertz CT molecular complexity index is 287. The molecular weight excluding hydrogens is 228 g/mol. The van der Waals surface area contributed by atoms with Crippen LogP contribution in [0.5, 0.6) is 0 Å². The number of aliphatic carboxylic acids is 2. The lowest BCUT2D eigenvalue weighted by molar-refractivity contribution is -0.156. The third kappa shape index (κ3) is 2.75. The maximum Gasteiger partial charge on any atom is 0.307 e. The Labute approximate surface area is 98.6 Å². The van der Waals surface area contributed by atoms with Gasteiger partial charge in [0.25, 0.3) is 6.47 Å². The summed E-state index contributed by atoms with van der Waals surface area (Å²) in [6.45, 7) is 0.375. The van der Waals surface area contributed by atoms with Crippen LogP contribution in [-0.2, 0) is 19.1 Å². The molecule has 2 saturated carbocycles. The van der Waals surface area contributed by atoms with Gasteiger partial charge < -0.3 is 14.9 Å². The third-order valence-corrected chi connectivity index (χ3v) is 3.58. The van der Waals surface area contributed by atoms with E-state index < -0.39 is 23.8 Å². The fourth-order valence-corrected chi connectivity index (χ4v) is 3.00. The van der Waals surface area contributed by atoms with E-state index in [-0.39, 0.29) is 11.8 Å². The Hall–Kier alpha value is -1.59. The fraction of sp³-hybridized carbons (Fsp3) is 0.727. The van der Waals surface area contributed by atoms with Crippen LogP contribution in [0.25, 0.3) is 0 Å². The molecule has 0 aliphatic heterocycles. The zero-order valence-corrected chi connectivity index (χ0v) is 9.54. The highest BCUT2D eigenvalue weighted by Gasteiger charge is 2.54. The molecule has 0 spiro atoms. The van der Waals surface area contributed by atoms with E-state index in [0.717, 1.165) is 19.3 Å². The summed E-state index contributed by atoms with van der Waals surface area (Å²) in [5, 5.41) is 17.8. The summed E-state index contributed by atoms with van der Waals surface area (Å²) in [6, 6.07) is 0. The van der Waals surface area contributed by atoms with Crippen LogP contribution in [0.4, 0.5) is 0 Å². The minimum absolute atomic E-state index is 0.114. The van der Waals surface area contributed by atoms with Crippen molar-refractivity contribution in [3.63, 3.8) is 0 Å². The Morgan fingerprint density at radius 1 is 1.12 bits per heavy atom. The summed E-state index contributed by atoms with van der Waals surface area (Å²) in [5.41, 5.74) is 0. The monoisotopic (exact) mass is 244 g/mol. The molecule has 2 bridgehead atoms. The maximum absolute atomic E-state index is 10.8. The van der Waals surface area contributed by atoms with Crippen LogP contribution in [0.2, 0.25) is 0 Å². The molecule has 0 aromatic carbocycles. The SMILES string of the molecule is COC=O.O=C(O)C1C2CCC(C2)C1C(=O)O. The van der Waals surface area contributed by atoms with Gasteiger partial charge in [-0.15, -0.1) is 0 Å². The number of carbonyl (C=O) groups is 3. The van der Waals surface area contributed by atoms with Crippen molar-refractivity contribution in [3.05, 3.63) is 0 Å². The Morgan fingerprint density at radius 3 is 1.71 bits per heavy atom. The number of carboxylic acid groups (broad SMARTS) is 2. The molecule has 6 nitrogen and oxygen atoms in total. The Morgan fingerprint density at radius 2 is 1.47 bits per heavy atom. The number of fused-ring (bicyclic) bond motifs is 2. The largest absolute Gasteiger partial charge is 0.481 e. The van der Waals surface area contributed by atoms with Gasteiger partial charge in [0, 0.05) is 0 Å². The van der Waals surface area contributed by atoms with Crippen LogP contribution in [0.15, 0.2) is 0 Å². The average molecular weight is 244 g/mol. The zero-order chi connectivity index (χ0) is 13.0. The number of carboxylic acids is 2. The first-order valence-corrected chi connectivity index (χ1v) is 5.45. The lowest BCUT2D eigenvalue weighted by Crippen LogP contribution is -2.34. The molecule has 2 aliphatic rings. The molecule has 4 atom stereocenters. The number of hydrogen-bond donors (Lipinski definition) is 2. The number of carbonyl (C=O) groups excluding carboxylic acids is 1. The van der Waals surface area contributed by atoms with Crippen molar-refractivity contribution >= 4 is 18.4 Å². The first-order valence-electron chi connectivity index (χ1n) is 5.45. The van der Waals surface area contributed by atoms with Gasteiger partial charge in [0.15, 0.2) is 0 Å². The number of ether oxygens (including phenoxy) is 1. The predicted molar refractivity (Wildman–Crippen MR) is 56.2 cm³/mol. The van der Waals surface area contributed by atoms with E-state index in [1.54, 1.807) is 0 Å². The molecule has 0 aromatic rings. The van der Waals surface area contributed by atoms with Crippen LogP contribution < -0.4 is 0 Å². The maximum atomic E-state index is 10.8. The van der Waals surface area contributed by atoms with Crippen LogP contribution in [0, 0.1) is 23.7 Å². The third-order valence-electron chi connectivity index (χ3n) is 3.58. The van der Waals surface area contributed by atoms with Gasteiger partial charge in [-0.1, -0.05) is 0 Å². The second-order valence-electron chi connectivity index (χ2n) is 4.39. The second-order valence-corrected chi connectivity index (χ2v) is 4.39. The van der Waals surface area contributed by atoms with Gasteiger partial charge in [-0.05, 0) is 31.1 Å². The molecular formula is C11H16O6. The second kappa shape index (κ2) is 5.65. The molecule has 0 saturated heterocycles. The van der Waals surface area contributed by atoms with E-state index in [1.807, 2.05) is 0 Å². The average Bonchev–Trinajstić information content (AvgIpc) is 2.88. The van der Waals surface area contributed by atoms with E-state index in [0.29, 0.717) is 6.47 Å². The van der Waals surface area contributed by atoms with Crippen molar-refractivity contribution in [2.24, 2.45) is 23.7 Å². The van der Waals surface area contributed by atoms with Crippen LogP contribution in [0.3, 0.4) is 0 Å². The molecule has 0 heterocycles. The highest BCUT2D eigenvalue weighted by molar-refractivity contribution is 5.81. The molecule has 2 rings (SSSR count). The highest BCUT2D eigenvalue weighted by Crippen LogP contribution is 2.52. The lowest BCUT2D eigenvalue weighted by Gasteiger charge is -2.24. The molecule has 2 fully saturated rings. The quantitative estimate of drug-likeness (QED) is 0.705. The fourth-order valence-electron chi connectivity index (χ4n) is 3.00. The zero-order valence-electron chi connectivity index (χ0n) is 9.54. The standard InChI is InChI=1S/C9H12O4.C2H4O2/c10-8(11)6-4-1-2-5(3-4)7(6)9(12)13;1-4-2-3/h4-7H,1-3H2,(H,10,11)(H,12,13);2H,1H3. The molecule has 17 heavy (non-hydrogen) atoms. The summed E-state index contributed by atoms with van der Waals surface area (Å²) < 4.78 is 3.86. The van der Waals surface area contributed by atoms with Crippen molar-refractivity contribution in [2.75, 3.05) is 7.11 Å². The Balaban J connectivity index is 0.000000317. The van der Waals surface area contributed by atoms with Crippen molar-refractivity contribution in [1.82, 2.24) is 0 Å². The van der Waals surface area contributed by atoms with Gasteiger partial charge in [0.05, 0.1) is 18.9 Å². The summed E-state index contributed by atoms with van der Waals surface area (Å²) in [5.74, 6) is -2.89. The van der Waals surface area contributed by atoms with E-state index in [2.05, 4.69) is 4.74 Å². The minimum atomic E-state index is -0.931. The summed E-state index contributed by atoms with van der Waals surface area (Å²) in [6.07, 6.45) is 2.59. The lowest BCUT2D eigenvalue weighted by atomic mass is 9.79. The normalized spacial score (nSPS) is 33.5. The molecule has 0 amide bonds. The van der Waals surface area contributed by atoms with Crippen LogP contribution >= 0.6 is 0 Å². The summed E-state index contributed by atoms with van der Waals surface area (Å²) in [7, 11) is 1.31.